The van der Waals surface area contributed by atoms with Crippen LogP contribution >= 0.6 is 0 Å². The SMILES string of the molecule is C=CC1CC1(NC(=O)[C@@H]1CC[C@@H](Oc2cc(-c3ccccc3)nc3cc(OC)ccc23)N1C(=O)[C@H](NC(=O)OC)C(C)(C)C)C(=O)NS(=O)(=O)N(C)Cc1ccccc1. The molecule has 0 radical (unpaired) electrons. The minimum atomic E-state index is -4.34. The first-order chi connectivity index (χ1) is 28.0. The van der Waals surface area contributed by atoms with Gasteiger partial charge in [0.2, 0.25) is 11.8 Å². The van der Waals surface area contributed by atoms with Crippen molar-refractivity contribution in [3.8, 4) is 22.8 Å². The monoisotopic (exact) mass is 826 g/mol. The van der Waals surface area contributed by atoms with E-state index in [9.17, 15) is 27.6 Å². The van der Waals surface area contributed by atoms with Crippen LogP contribution in [0.2, 0.25) is 0 Å². The van der Waals surface area contributed by atoms with Crippen LogP contribution in [0.15, 0.2) is 97.6 Å². The number of carbonyl (C=O) groups excluding carboxylic acids is 4. The van der Waals surface area contributed by atoms with E-state index in [2.05, 4.69) is 21.9 Å². The molecule has 3 N–H and O–H groups in total. The van der Waals surface area contributed by atoms with Gasteiger partial charge in [-0.15, -0.1) is 6.58 Å². The zero-order valence-electron chi connectivity index (χ0n) is 33.9. The Bertz CT molecular complexity index is 2340. The Balaban J connectivity index is 1.34. The third kappa shape index (κ3) is 9.18. The molecule has 1 aromatic heterocycles. The van der Waals surface area contributed by atoms with Gasteiger partial charge >= 0.3 is 16.3 Å². The Kier molecular flexibility index (Phi) is 12.3. The van der Waals surface area contributed by atoms with Crippen molar-refractivity contribution < 1.29 is 41.8 Å². The normalized spacial score (nSPS) is 20.7. The number of rotatable bonds is 14. The molecule has 59 heavy (non-hydrogen) atoms. The third-order valence-electron chi connectivity index (χ3n) is 10.7. The number of hydrogen-bond donors (Lipinski definition) is 3. The number of carbonyl (C=O) groups is 4. The fourth-order valence-electron chi connectivity index (χ4n) is 7.28. The van der Waals surface area contributed by atoms with Gasteiger partial charge in [-0.1, -0.05) is 87.5 Å². The van der Waals surface area contributed by atoms with Crippen LogP contribution in [0.3, 0.4) is 0 Å². The Morgan fingerprint density at radius 3 is 2.29 bits per heavy atom. The molecule has 0 bridgehead atoms. The van der Waals surface area contributed by atoms with E-state index in [1.165, 1.54) is 25.1 Å². The molecule has 6 rings (SSSR count). The van der Waals surface area contributed by atoms with Gasteiger partial charge in [-0.3, -0.25) is 19.3 Å². The van der Waals surface area contributed by atoms with Crippen LogP contribution < -0.4 is 24.8 Å². The van der Waals surface area contributed by atoms with E-state index >= 15 is 0 Å². The lowest BCUT2D eigenvalue weighted by Crippen LogP contribution is -2.62. The highest BCUT2D eigenvalue weighted by Gasteiger charge is 2.62. The number of hydrogen-bond acceptors (Lipinski definition) is 10. The number of fused-ring (bicyclic) bond motifs is 1. The summed E-state index contributed by atoms with van der Waals surface area (Å²) in [5, 5.41) is 6.06. The number of nitrogens with one attached hydrogen (secondary N) is 3. The first-order valence-electron chi connectivity index (χ1n) is 19.2. The van der Waals surface area contributed by atoms with Crippen molar-refractivity contribution >= 4 is 44.9 Å². The fraction of sp³-hybridized carbons (Fsp3) is 0.372. The molecule has 4 amide bonds. The van der Waals surface area contributed by atoms with Gasteiger partial charge in [0.05, 0.1) is 25.4 Å². The number of likely N-dealkylation sites (tertiary alicyclic amines) is 1. The van der Waals surface area contributed by atoms with Crippen molar-refractivity contribution in [2.45, 2.75) is 70.4 Å². The summed E-state index contributed by atoms with van der Waals surface area (Å²) >= 11 is 0. The van der Waals surface area contributed by atoms with E-state index in [0.29, 0.717) is 33.7 Å². The van der Waals surface area contributed by atoms with E-state index in [1.54, 1.807) is 76.4 Å². The number of benzene rings is 3. The van der Waals surface area contributed by atoms with Crippen molar-refractivity contribution in [3.63, 3.8) is 0 Å². The molecule has 2 heterocycles. The van der Waals surface area contributed by atoms with Crippen LogP contribution in [-0.2, 0) is 35.9 Å². The van der Waals surface area contributed by atoms with E-state index in [1.807, 2.05) is 36.4 Å². The second-order valence-corrected chi connectivity index (χ2v) is 17.6. The zero-order chi connectivity index (χ0) is 42.7. The highest BCUT2D eigenvalue weighted by molar-refractivity contribution is 7.87. The number of methoxy groups -OCH3 is 2. The standard InChI is InChI=1S/C43H50N6O9S/c1-8-29-25-43(29,40(52)47-59(54,55)48(5)26-27-15-11-9-12-16-27)46-38(50)34-21-22-36(49(34)39(51)37(42(2,3)4)45-41(53)57-7)58-35-24-32(28-17-13-10-14-18-28)44-33-23-30(56-6)19-20-31(33)35/h8-20,23-24,29,34,36-37H,1,21-22,25-26H2,2-7H3,(H,45,53)(H,46,50)(H,47,52)/t29?,34-,36+,37-,43?/m0/s1. The molecule has 1 aliphatic carbocycles. The van der Waals surface area contributed by atoms with Gasteiger partial charge in [0.25, 0.3) is 5.91 Å². The van der Waals surface area contributed by atoms with Gasteiger partial charge in [-0.25, -0.2) is 14.5 Å². The second kappa shape index (κ2) is 17.1. The van der Waals surface area contributed by atoms with Gasteiger partial charge in [0, 0.05) is 49.0 Å². The maximum absolute atomic E-state index is 14.8. The molecule has 4 aromatic rings. The number of amides is 4. The van der Waals surface area contributed by atoms with Crippen molar-refractivity contribution in [1.82, 2.24) is 29.5 Å². The molecule has 1 aliphatic heterocycles. The van der Waals surface area contributed by atoms with Gasteiger partial charge in [0.1, 0.15) is 29.1 Å². The lowest BCUT2D eigenvalue weighted by Gasteiger charge is -2.37. The molecule has 5 atom stereocenters. The molecule has 2 unspecified atom stereocenters. The Labute approximate surface area is 344 Å². The van der Waals surface area contributed by atoms with Crippen LogP contribution in [0.1, 0.15) is 45.6 Å². The van der Waals surface area contributed by atoms with Gasteiger partial charge in [0.15, 0.2) is 6.23 Å². The molecule has 1 saturated carbocycles. The lowest BCUT2D eigenvalue weighted by molar-refractivity contribution is -0.149. The molecule has 15 nitrogen and oxygen atoms in total. The molecular weight excluding hydrogens is 777 g/mol. The molecule has 312 valence electrons. The third-order valence-corrected chi connectivity index (χ3v) is 12.1. The minimum absolute atomic E-state index is 0.00403. The van der Waals surface area contributed by atoms with Crippen LogP contribution in [0.25, 0.3) is 22.2 Å². The molecule has 1 saturated heterocycles. The van der Waals surface area contributed by atoms with Gasteiger partial charge < -0.3 is 24.8 Å². The zero-order valence-corrected chi connectivity index (χ0v) is 34.7. The van der Waals surface area contributed by atoms with Crippen molar-refractivity contribution in [3.05, 3.63) is 103 Å². The highest BCUT2D eigenvalue weighted by atomic mass is 32.2. The van der Waals surface area contributed by atoms with Crippen LogP contribution in [0, 0.1) is 11.3 Å². The minimum Gasteiger partial charge on any atom is -0.497 e. The highest BCUT2D eigenvalue weighted by Crippen LogP contribution is 2.45. The van der Waals surface area contributed by atoms with Crippen molar-refractivity contribution in [1.29, 1.82) is 0 Å². The lowest BCUT2D eigenvalue weighted by atomic mass is 9.85. The summed E-state index contributed by atoms with van der Waals surface area (Å²) in [6, 6.07) is 23.1. The van der Waals surface area contributed by atoms with Gasteiger partial charge in [-0.2, -0.15) is 12.7 Å². The van der Waals surface area contributed by atoms with Crippen LogP contribution in [0.4, 0.5) is 4.79 Å². The summed E-state index contributed by atoms with van der Waals surface area (Å²) < 4.78 is 47.0. The molecule has 0 spiro atoms. The smallest absolute Gasteiger partial charge is 0.407 e. The molecule has 2 fully saturated rings. The number of alkyl carbamates (subject to hydrolysis) is 1. The van der Waals surface area contributed by atoms with E-state index in [-0.39, 0.29) is 25.8 Å². The largest absolute Gasteiger partial charge is 0.497 e. The predicted molar refractivity (Wildman–Crippen MR) is 221 cm³/mol. The first-order valence-corrected chi connectivity index (χ1v) is 20.6. The average molecular weight is 827 g/mol. The van der Waals surface area contributed by atoms with E-state index in [0.717, 1.165) is 9.87 Å². The van der Waals surface area contributed by atoms with E-state index in [4.69, 9.17) is 19.2 Å². The summed E-state index contributed by atoms with van der Waals surface area (Å²) in [5.41, 5.74) is 0.143. The Hall–Kier alpha value is -6.00. The van der Waals surface area contributed by atoms with Gasteiger partial charge in [-0.05, 0) is 36.0 Å². The first kappa shape index (κ1) is 42.6. The number of nitrogens with zero attached hydrogens (tertiary/aromatic N) is 3. The average Bonchev–Trinajstić information content (AvgIpc) is 3.78. The molecular formula is C43H50N6O9S. The second-order valence-electron chi connectivity index (χ2n) is 15.8. The molecule has 3 aromatic carbocycles. The number of pyridine rings is 1. The van der Waals surface area contributed by atoms with E-state index < -0.39 is 69.2 Å². The quantitative estimate of drug-likeness (QED) is 0.147. The Morgan fingerprint density at radius 1 is 1.00 bits per heavy atom. The van der Waals surface area contributed by atoms with Crippen molar-refractivity contribution in [2.75, 3.05) is 21.3 Å². The summed E-state index contributed by atoms with van der Waals surface area (Å²) in [6.07, 6.45) is -0.0386. The summed E-state index contributed by atoms with van der Waals surface area (Å²) in [6.45, 7) is 9.08. The molecule has 2 aliphatic rings. The summed E-state index contributed by atoms with van der Waals surface area (Å²) in [7, 11) is -0.269. The predicted octanol–water partition coefficient (Wildman–Crippen LogP) is 4.93. The summed E-state index contributed by atoms with van der Waals surface area (Å²) in [5.74, 6) is -1.93. The maximum Gasteiger partial charge on any atom is 0.407 e. The Morgan fingerprint density at radius 2 is 1.68 bits per heavy atom. The number of ether oxygens (including phenoxy) is 3. The molecule has 16 heteroatoms. The van der Waals surface area contributed by atoms with Crippen LogP contribution in [-0.4, -0.2) is 91.5 Å². The van der Waals surface area contributed by atoms with Crippen LogP contribution in [0.5, 0.6) is 11.5 Å². The topological polar surface area (TPSA) is 186 Å². The summed E-state index contributed by atoms with van der Waals surface area (Å²) in [4.78, 5) is 62.0. The maximum atomic E-state index is 14.8. The number of aromatic nitrogens is 1. The van der Waals surface area contributed by atoms with Crippen molar-refractivity contribution in [2.24, 2.45) is 11.3 Å². The fourth-order valence-corrected chi connectivity index (χ4v) is 8.17.